The maximum atomic E-state index is 13.4. The molecule has 0 unspecified atom stereocenters. The number of aromatic amines is 1. The van der Waals surface area contributed by atoms with Gasteiger partial charge in [-0.1, -0.05) is 37.1 Å². The molecule has 9 nitrogen and oxygen atoms in total. The number of likely N-dealkylation sites (N-methyl/N-ethyl adjacent to an activating group) is 1. The average Bonchev–Trinajstić information content (AvgIpc) is 3.52. The number of benzene rings is 1. The van der Waals surface area contributed by atoms with Gasteiger partial charge in [-0.25, -0.2) is 0 Å². The number of H-pyrrole nitrogens is 1. The fourth-order valence-corrected chi connectivity index (χ4v) is 4.82. The van der Waals surface area contributed by atoms with Crippen LogP contribution in [0, 0.1) is 11.8 Å². The summed E-state index contributed by atoms with van der Waals surface area (Å²) in [5.74, 6) is -1.24. The molecule has 5 rings (SSSR count). The predicted octanol–water partition coefficient (Wildman–Crippen LogP) is 2.99. The van der Waals surface area contributed by atoms with E-state index in [4.69, 9.17) is 0 Å². The van der Waals surface area contributed by atoms with Gasteiger partial charge in [0.25, 0.3) is 5.91 Å². The summed E-state index contributed by atoms with van der Waals surface area (Å²) in [6.45, 7) is 1.17. The maximum absolute atomic E-state index is 13.4. The lowest BCUT2D eigenvalue weighted by molar-refractivity contribution is -0.122. The van der Waals surface area contributed by atoms with Crippen LogP contribution in [0.15, 0.2) is 42.7 Å². The van der Waals surface area contributed by atoms with Crippen molar-refractivity contribution in [2.45, 2.75) is 32.2 Å². The highest BCUT2D eigenvalue weighted by Gasteiger charge is 2.37. The van der Waals surface area contributed by atoms with Gasteiger partial charge in [0.15, 0.2) is 5.78 Å². The molecule has 1 saturated carbocycles. The van der Waals surface area contributed by atoms with Crippen molar-refractivity contribution in [3.8, 4) is 11.3 Å². The van der Waals surface area contributed by atoms with Crippen molar-refractivity contribution in [3.63, 3.8) is 0 Å². The SMILES string of the molecule is CN1CCn2ncc(NC(=O)[C@@H]3CCCC[C@H]3C(=O)c3ccc(-c4cc[nH]n4)cc3)c2C1=O. The molecule has 0 saturated heterocycles. The van der Waals surface area contributed by atoms with Crippen molar-refractivity contribution in [2.75, 3.05) is 18.9 Å². The molecule has 0 radical (unpaired) electrons. The number of hydrogen-bond donors (Lipinski definition) is 2. The molecule has 0 spiro atoms. The standard InChI is InChI=1S/C24H26N6O3/c1-29-12-13-30-21(24(29)33)20(14-26-30)27-23(32)18-5-3-2-4-17(18)22(31)16-8-6-15(7-9-16)19-10-11-25-28-19/h6-11,14,17-18H,2-5,12-13H2,1H3,(H,25,28)(H,27,32)/t17-,18-/m1/s1. The van der Waals surface area contributed by atoms with E-state index in [2.05, 4.69) is 20.6 Å². The van der Waals surface area contributed by atoms with Gasteiger partial charge in [0, 0.05) is 42.8 Å². The number of aromatic nitrogens is 4. The largest absolute Gasteiger partial charge is 0.338 e. The minimum atomic E-state index is -0.441. The van der Waals surface area contributed by atoms with Crippen LogP contribution in [0.25, 0.3) is 11.3 Å². The second-order valence-corrected chi connectivity index (χ2v) is 8.74. The number of ketones is 1. The molecule has 2 atom stereocenters. The van der Waals surface area contributed by atoms with Crippen molar-refractivity contribution in [1.29, 1.82) is 0 Å². The molecule has 170 valence electrons. The van der Waals surface area contributed by atoms with E-state index in [-0.39, 0.29) is 23.5 Å². The molecule has 2 aliphatic rings. The molecule has 1 aliphatic heterocycles. The van der Waals surface area contributed by atoms with E-state index >= 15 is 0 Å². The van der Waals surface area contributed by atoms with Crippen molar-refractivity contribution in [3.05, 3.63) is 54.0 Å². The number of hydrogen-bond acceptors (Lipinski definition) is 5. The monoisotopic (exact) mass is 446 g/mol. The van der Waals surface area contributed by atoms with E-state index < -0.39 is 5.92 Å². The third kappa shape index (κ3) is 3.94. The highest BCUT2D eigenvalue weighted by atomic mass is 16.2. The van der Waals surface area contributed by atoms with Crippen LogP contribution in [0.5, 0.6) is 0 Å². The number of nitrogens with one attached hydrogen (secondary N) is 2. The molecule has 3 aromatic rings. The molecular formula is C24H26N6O3. The molecule has 1 fully saturated rings. The summed E-state index contributed by atoms with van der Waals surface area (Å²) in [5, 5.41) is 14.1. The molecular weight excluding hydrogens is 420 g/mol. The topological polar surface area (TPSA) is 113 Å². The van der Waals surface area contributed by atoms with Gasteiger partial charge in [-0.05, 0) is 18.9 Å². The van der Waals surface area contributed by atoms with Crippen LogP contribution < -0.4 is 5.32 Å². The molecule has 2 amide bonds. The summed E-state index contributed by atoms with van der Waals surface area (Å²) >= 11 is 0. The van der Waals surface area contributed by atoms with Crippen LogP contribution in [0.1, 0.15) is 46.5 Å². The summed E-state index contributed by atoms with van der Waals surface area (Å²) in [6.07, 6.45) is 6.41. The first kappa shape index (κ1) is 21.1. The number of nitrogens with zero attached hydrogens (tertiary/aromatic N) is 4. The van der Waals surface area contributed by atoms with E-state index in [1.54, 1.807) is 35.0 Å². The van der Waals surface area contributed by atoms with E-state index in [1.165, 1.54) is 6.20 Å². The highest BCUT2D eigenvalue weighted by molar-refractivity contribution is 6.06. The molecule has 1 aromatic carbocycles. The molecule has 2 aromatic heterocycles. The van der Waals surface area contributed by atoms with Crippen LogP contribution in [0.4, 0.5) is 5.69 Å². The van der Waals surface area contributed by atoms with Gasteiger partial charge < -0.3 is 10.2 Å². The first-order valence-electron chi connectivity index (χ1n) is 11.3. The Kier molecular flexibility index (Phi) is 5.53. The van der Waals surface area contributed by atoms with E-state index in [1.807, 2.05) is 18.2 Å². The van der Waals surface area contributed by atoms with E-state index in [0.717, 1.165) is 24.1 Å². The Morgan fingerprint density at radius 2 is 1.82 bits per heavy atom. The van der Waals surface area contributed by atoms with Gasteiger partial charge in [-0.15, -0.1) is 0 Å². The lowest BCUT2D eigenvalue weighted by Gasteiger charge is -2.30. The fraction of sp³-hybridized carbons (Fsp3) is 0.375. The maximum Gasteiger partial charge on any atom is 0.274 e. The van der Waals surface area contributed by atoms with E-state index in [9.17, 15) is 14.4 Å². The zero-order valence-electron chi connectivity index (χ0n) is 18.5. The van der Waals surface area contributed by atoms with Crippen molar-refractivity contribution >= 4 is 23.3 Å². The highest BCUT2D eigenvalue weighted by Crippen LogP contribution is 2.34. The number of amides is 2. The van der Waals surface area contributed by atoms with Crippen LogP contribution >= 0.6 is 0 Å². The molecule has 3 heterocycles. The molecule has 33 heavy (non-hydrogen) atoms. The van der Waals surface area contributed by atoms with Crippen molar-refractivity contribution < 1.29 is 14.4 Å². The predicted molar refractivity (Wildman–Crippen MR) is 122 cm³/mol. The van der Waals surface area contributed by atoms with Crippen LogP contribution in [-0.4, -0.2) is 56.1 Å². The number of rotatable bonds is 5. The number of Topliss-reactive ketones (excluding diaryl/α,β-unsaturated/α-hetero) is 1. The van der Waals surface area contributed by atoms with Crippen LogP contribution in [0.2, 0.25) is 0 Å². The normalized spacial score (nSPS) is 20.4. The Hall–Kier alpha value is -3.75. The summed E-state index contributed by atoms with van der Waals surface area (Å²) in [4.78, 5) is 40.8. The van der Waals surface area contributed by atoms with Crippen molar-refractivity contribution in [1.82, 2.24) is 24.9 Å². The smallest absolute Gasteiger partial charge is 0.274 e. The molecule has 9 heteroatoms. The molecule has 1 aliphatic carbocycles. The zero-order valence-corrected chi connectivity index (χ0v) is 18.5. The second-order valence-electron chi connectivity index (χ2n) is 8.74. The third-order valence-electron chi connectivity index (χ3n) is 6.70. The third-order valence-corrected chi connectivity index (χ3v) is 6.70. The Bertz CT molecular complexity index is 1180. The molecule has 0 bridgehead atoms. The summed E-state index contributed by atoms with van der Waals surface area (Å²) < 4.78 is 1.63. The first-order chi connectivity index (χ1) is 16.0. The number of carbonyl (C=O) groups excluding carboxylic acids is 3. The second kappa shape index (κ2) is 8.65. The Labute approximate surface area is 191 Å². The number of fused-ring (bicyclic) bond motifs is 1. The summed E-state index contributed by atoms with van der Waals surface area (Å²) in [7, 11) is 1.73. The van der Waals surface area contributed by atoms with Gasteiger partial charge in [-0.3, -0.25) is 24.2 Å². The Morgan fingerprint density at radius 1 is 1.06 bits per heavy atom. The molecule has 2 N–H and O–H groups in total. The van der Waals surface area contributed by atoms with Gasteiger partial charge in [0.2, 0.25) is 5.91 Å². The number of anilines is 1. The van der Waals surface area contributed by atoms with Crippen LogP contribution in [-0.2, 0) is 11.3 Å². The minimum Gasteiger partial charge on any atom is -0.338 e. The Morgan fingerprint density at radius 3 is 2.55 bits per heavy atom. The lowest BCUT2D eigenvalue weighted by Crippen LogP contribution is -2.39. The van der Waals surface area contributed by atoms with Crippen LogP contribution in [0.3, 0.4) is 0 Å². The van der Waals surface area contributed by atoms with Gasteiger partial charge in [0.1, 0.15) is 5.69 Å². The lowest BCUT2D eigenvalue weighted by atomic mass is 9.75. The quantitative estimate of drug-likeness (QED) is 0.585. The average molecular weight is 447 g/mol. The van der Waals surface area contributed by atoms with Crippen molar-refractivity contribution in [2.24, 2.45) is 11.8 Å². The summed E-state index contributed by atoms with van der Waals surface area (Å²) in [5.41, 5.74) is 3.14. The fourth-order valence-electron chi connectivity index (χ4n) is 4.82. The van der Waals surface area contributed by atoms with Gasteiger partial charge >= 0.3 is 0 Å². The summed E-state index contributed by atoms with van der Waals surface area (Å²) in [6, 6.07) is 9.23. The minimum absolute atomic E-state index is 0.0173. The zero-order chi connectivity index (χ0) is 22.9. The van der Waals surface area contributed by atoms with E-state index in [0.29, 0.717) is 42.9 Å². The first-order valence-corrected chi connectivity index (χ1v) is 11.3. The Balaban J connectivity index is 1.34. The van der Waals surface area contributed by atoms with Gasteiger partial charge in [0.05, 0.1) is 24.1 Å². The van der Waals surface area contributed by atoms with Gasteiger partial charge in [-0.2, -0.15) is 10.2 Å². The number of carbonyl (C=O) groups is 3.